The molecule has 0 radical (unpaired) electrons. The molecule has 0 aliphatic carbocycles. The third-order valence-corrected chi connectivity index (χ3v) is 4.46. The second-order valence-corrected chi connectivity index (χ2v) is 5.99. The molecule has 7 heteroatoms. The summed E-state index contributed by atoms with van der Waals surface area (Å²) in [6.45, 7) is 6.43. The number of carbonyl (C=O) groups is 2. The summed E-state index contributed by atoms with van der Waals surface area (Å²) in [5.74, 6) is -0.597. The predicted octanol–water partition coefficient (Wildman–Crippen LogP) is -0.0986. The summed E-state index contributed by atoms with van der Waals surface area (Å²) in [6.07, 6.45) is 0.647. The number of urea groups is 1. The number of likely N-dealkylation sites (tertiary alicyclic amines) is 1. The van der Waals surface area contributed by atoms with E-state index < -0.39 is 5.97 Å². The van der Waals surface area contributed by atoms with E-state index in [4.69, 9.17) is 5.11 Å². The molecule has 2 saturated heterocycles. The number of carboxylic acids is 1. The van der Waals surface area contributed by atoms with Gasteiger partial charge >= 0.3 is 12.0 Å². The molecule has 2 atom stereocenters. The van der Waals surface area contributed by atoms with Crippen LogP contribution >= 0.6 is 0 Å². The van der Waals surface area contributed by atoms with Crippen LogP contribution in [0.15, 0.2) is 0 Å². The minimum atomic E-state index is -0.783. The van der Waals surface area contributed by atoms with E-state index in [-0.39, 0.29) is 24.5 Å². The van der Waals surface area contributed by atoms with Gasteiger partial charge in [0.05, 0.1) is 12.5 Å². The first-order valence-electron chi connectivity index (χ1n) is 7.63. The second kappa shape index (κ2) is 7.09. The predicted molar refractivity (Wildman–Crippen MR) is 77.0 cm³/mol. The SMILES string of the molecule is CC(O)C1CCN(C(=O)N2CCN(CCC(=O)O)CC2)C1. The molecule has 21 heavy (non-hydrogen) atoms. The summed E-state index contributed by atoms with van der Waals surface area (Å²) < 4.78 is 0. The Bertz CT molecular complexity index is 380. The summed E-state index contributed by atoms with van der Waals surface area (Å²) in [6, 6.07) is 0.0519. The molecule has 7 nitrogen and oxygen atoms in total. The molecule has 2 amide bonds. The van der Waals surface area contributed by atoms with Crippen molar-refractivity contribution in [3.05, 3.63) is 0 Å². The Morgan fingerprint density at radius 1 is 1.14 bits per heavy atom. The van der Waals surface area contributed by atoms with Crippen molar-refractivity contribution in [2.75, 3.05) is 45.8 Å². The van der Waals surface area contributed by atoms with Crippen molar-refractivity contribution >= 4 is 12.0 Å². The molecule has 0 bridgehead atoms. The van der Waals surface area contributed by atoms with Gasteiger partial charge in [-0.1, -0.05) is 0 Å². The Balaban J connectivity index is 1.74. The quantitative estimate of drug-likeness (QED) is 0.757. The molecule has 0 aromatic heterocycles. The largest absolute Gasteiger partial charge is 0.481 e. The van der Waals surface area contributed by atoms with Gasteiger partial charge in [-0.25, -0.2) is 4.79 Å². The van der Waals surface area contributed by atoms with E-state index in [0.717, 1.165) is 19.5 Å². The maximum atomic E-state index is 12.4. The molecule has 2 heterocycles. The number of piperazine rings is 1. The Labute approximate surface area is 125 Å². The average Bonchev–Trinajstić information content (AvgIpc) is 2.95. The van der Waals surface area contributed by atoms with Gasteiger partial charge in [0.25, 0.3) is 0 Å². The van der Waals surface area contributed by atoms with Crippen LogP contribution in [0.3, 0.4) is 0 Å². The summed E-state index contributed by atoms with van der Waals surface area (Å²) in [7, 11) is 0. The lowest BCUT2D eigenvalue weighted by atomic mass is 10.0. The van der Waals surface area contributed by atoms with Crippen LogP contribution in [-0.4, -0.2) is 88.8 Å². The molecule has 2 rings (SSSR count). The van der Waals surface area contributed by atoms with E-state index in [1.807, 2.05) is 9.80 Å². The fourth-order valence-corrected chi connectivity index (χ4v) is 2.97. The lowest BCUT2D eigenvalue weighted by Crippen LogP contribution is -2.52. The molecular formula is C14H25N3O4. The fourth-order valence-electron chi connectivity index (χ4n) is 2.97. The van der Waals surface area contributed by atoms with Crippen molar-refractivity contribution in [3.63, 3.8) is 0 Å². The first kappa shape index (κ1) is 16.0. The zero-order valence-corrected chi connectivity index (χ0v) is 12.6. The summed E-state index contributed by atoms with van der Waals surface area (Å²) >= 11 is 0. The number of aliphatic hydroxyl groups is 1. The molecule has 0 aromatic rings. The lowest BCUT2D eigenvalue weighted by molar-refractivity contribution is -0.137. The number of aliphatic hydroxyl groups excluding tert-OH is 1. The van der Waals surface area contributed by atoms with Gasteiger partial charge in [0.2, 0.25) is 0 Å². The summed E-state index contributed by atoms with van der Waals surface area (Å²) in [4.78, 5) is 28.7. The van der Waals surface area contributed by atoms with E-state index in [0.29, 0.717) is 32.7 Å². The molecule has 2 fully saturated rings. The van der Waals surface area contributed by atoms with Crippen molar-refractivity contribution in [2.45, 2.75) is 25.9 Å². The maximum Gasteiger partial charge on any atom is 0.320 e. The Morgan fingerprint density at radius 2 is 1.81 bits per heavy atom. The lowest BCUT2D eigenvalue weighted by Gasteiger charge is -2.36. The number of carboxylic acid groups (broad SMARTS) is 1. The second-order valence-electron chi connectivity index (χ2n) is 5.99. The highest BCUT2D eigenvalue weighted by Crippen LogP contribution is 2.21. The normalized spacial score (nSPS) is 25.1. The monoisotopic (exact) mass is 299 g/mol. The summed E-state index contributed by atoms with van der Waals surface area (Å²) in [5.41, 5.74) is 0. The number of amides is 2. The molecule has 2 unspecified atom stereocenters. The smallest absolute Gasteiger partial charge is 0.320 e. The third kappa shape index (κ3) is 4.31. The maximum absolute atomic E-state index is 12.4. The van der Waals surface area contributed by atoms with Crippen LogP contribution in [0.2, 0.25) is 0 Å². The van der Waals surface area contributed by atoms with Crippen LogP contribution in [-0.2, 0) is 4.79 Å². The molecule has 0 aromatic carbocycles. The third-order valence-electron chi connectivity index (χ3n) is 4.46. The van der Waals surface area contributed by atoms with Crippen molar-refractivity contribution in [3.8, 4) is 0 Å². The van der Waals surface area contributed by atoms with Crippen LogP contribution in [0.5, 0.6) is 0 Å². The van der Waals surface area contributed by atoms with Crippen molar-refractivity contribution in [1.82, 2.24) is 14.7 Å². The highest BCUT2D eigenvalue weighted by molar-refractivity contribution is 5.75. The topological polar surface area (TPSA) is 84.3 Å². The van der Waals surface area contributed by atoms with Gasteiger partial charge in [-0.05, 0) is 13.3 Å². The first-order chi connectivity index (χ1) is 9.97. The highest BCUT2D eigenvalue weighted by atomic mass is 16.4. The van der Waals surface area contributed by atoms with Crippen LogP contribution in [0.25, 0.3) is 0 Å². The molecule has 0 spiro atoms. The molecule has 2 aliphatic rings. The fraction of sp³-hybridized carbons (Fsp3) is 0.857. The van der Waals surface area contributed by atoms with E-state index in [1.165, 1.54) is 0 Å². The zero-order chi connectivity index (χ0) is 15.4. The number of hydrogen-bond acceptors (Lipinski definition) is 4. The average molecular weight is 299 g/mol. The zero-order valence-electron chi connectivity index (χ0n) is 12.6. The van der Waals surface area contributed by atoms with Crippen molar-refractivity contribution < 1.29 is 19.8 Å². The van der Waals surface area contributed by atoms with Gasteiger partial charge in [-0.2, -0.15) is 0 Å². The number of rotatable bonds is 4. The van der Waals surface area contributed by atoms with E-state index in [2.05, 4.69) is 4.90 Å². The Morgan fingerprint density at radius 3 is 2.33 bits per heavy atom. The minimum absolute atomic E-state index is 0.0519. The molecule has 2 N–H and O–H groups in total. The Hall–Kier alpha value is -1.34. The van der Waals surface area contributed by atoms with Crippen LogP contribution < -0.4 is 0 Å². The van der Waals surface area contributed by atoms with Gasteiger partial charge in [-0.15, -0.1) is 0 Å². The number of carbonyl (C=O) groups excluding carboxylic acids is 1. The molecule has 2 aliphatic heterocycles. The van der Waals surface area contributed by atoms with Gasteiger partial charge < -0.3 is 20.0 Å². The van der Waals surface area contributed by atoms with Crippen LogP contribution in [0.4, 0.5) is 4.79 Å². The van der Waals surface area contributed by atoms with E-state index >= 15 is 0 Å². The number of nitrogens with zero attached hydrogens (tertiary/aromatic N) is 3. The van der Waals surface area contributed by atoms with Crippen molar-refractivity contribution in [1.29, 1.82) is 0 Å². The van der Waals surface area contributed by atoms with Gasteiger partial charge in [0.1, 0.15) is 0 Å². The van der Waals surface area contributed by atoms with Crippen molar-refractivity contribution in [2.24, 2.45) is 5.92 Å². The van der Waals surface area contributed by atoms with E-state index in [1.54, 1.807) is 6.92 Å². The number of aliphatic carboxylic acids is 1. The molecule has 120 valence electrons. The number of hydrogen-bond donors (Lipinski definition) is 2. The van der Waals surface area contributed by atoms with Gasteiger partial charge in [0, 0.05) is 51.7 Å². The molecule has 0 saturated carbocycles. The Kier molecular flexibility index (Phi) is 5.41. The highest BCUT2D eigenvalue weighted by Gasteiger charge is 2.32. The van der Waals surface area contributed by atoms with Crippen LogP contribution in [0.1, 0.15) is 19.8 Å². The van der Waals surface area contributed by atoms with Gasteiger partial charge in [-0.3, -0.25) is 9.69 Å². The minimum Gasteiger partial charge on any atom is -0.481 e. The van der Waals surface area contributed by atoms with E-state index in [9.17, 15) is 14.7 Å². The van der Waals surface area contributed by atoms with Crippen LogP contribution in [0, 0.1) is 5.92 Å². The first-order valence-corrected chi connectivity index (χ1v) is 7.63. The molecular weight excluding hydrogens is 274 g/mol. The summed E-state index contributed by atoms with van der Waals surface area (Å²) in [5, 5.41) is 18.3. The standard InChI is InChI=1S/C14H25N3O4/c1-11(18)12-2-5-17(10-12)14(21)16-8-6-15(7-9-16)4-3-13(19)20/h11-12,18H,2-10H2,1H3,(H,19,20). The van der Waals surface area contributed by atoms with Gasteiger partial charge in [0.15, 0.2) is 0 Å².